The van der Waals surface area contributed by atoms with Gasteiger partial charge >= 0.3 is 0 Å². The lowest BCUT2D eigenvalue weighted by Gasteiger charge is -2.29. The van der Waals surface area contributed by atoms with Gasteiger partial charge in [-0.05, 0) is 48.4 Å². The number of amides is 1. The maximum atomic E-state index is 13.4. The highest BCUT2D eigenvalue weighted by Gasteiger charge is 2.22. The van der Waals surface area contributed by atoms with Crippen molar-refractivity contribution in [3.05, 3.63) is 101 Å². The van der Waals surface area contributed by atoms with E-state index >= 15 is 0 Å². The molecular weight excluding hydrogens is 389 g/mol. The van der Waals surface area contributed by atoms with Crippen LogP contribution in [0.2, 0.25) is 0 Å². The van der Waals surface area contributed by atoms with E-state index in [1.54, 1.807) is 12.1 Å². The molecule has 1 heterocycles. The fourth-order valence-corrected chi connectivity index (χ4v) is 4.32. The number of hydrogen-bond acceptors (Lipinski definition) is 3. The van der Waals surface area contributed by atoms with Crippen LogP contribution in [0.15, 0.2) is 78.9 Å². The summed E-state index contributed by atoms with van der Waals surface area (Å²) < 4.78 is 13.4. The van der Waals surface area contributed by atoms with E-state index in [2.05, 4.69) is 34.5 Å². The second kappa shape index (κ2) is 9.75. The smallest absolute Gasteiger partial charge is 0.234 e. The van der Waals surface area contributed by atoms with Crippen molar-refractivity contribution in [1.82, 2.24) is 10.2 Å². The summed E-state index contributed by atoms with van der Waals surface area (Å²) in [5.41, 5.74) is 4.67. The number of fused-ring (bicyclic) bond motifs is 1. The van der Waals surface area contributed by atoms with Crippen molar-refractivity contribution < 1.29 is 9.18 Å². The SMILES string of the molecule is CN(CC(=O)NCCN1CCc2ccccc21)C(c1ccccc1)c1ccc(F)cc1. The van der Waals surface area contributed by atoms with E-state index in [9.17, 15) is 9.18 Å². The molecule has 5 heteroatoms. The molecule has 4 rings (SSSR count). The van der Waals surface area contributed by atoms with E-state index in [4.69, 9.17) is 0 Å². The normalized spacial score (nSPS) is 13.8. The zero-order chi connectivity index (χ0) is 21.6. The quantitative estimate of drug-likeness (QED) is 0.601. The number of nitrogens with zero attached hydrogens (tertiary/aromatic N) is 2. The molecule has 1 atom stereocenters. The average Bonchev–Trinajstić information content (AvgIpc) is 3.19. The first-order valence-corrected chi connectivity index (χ1v) is 10.7. The molecule has 0 aliphatic carbocycles. The summed E-state index contributed by atoms with van der Waals surface area (Å²) in [5.74, 6) is -0.280. The molecule has 1 unspecified atom stereocenters. The Morgan fingerprint density at radius 3 is 2.45 bits per heavy atom. The van der Waals surface area contributed by atoms with Gasteiger partial charge in [0.05, 0.1) is 12.6 Å². The number of para-hydroxylation sites is 1. The molecule has 3 aromatic rings. The van der Waals surface area contributed by atoms with Gasteiger partial charge in [-0.2, -0.15) is 0 Å². The topological polar surface area (TPSA) is 35.6 Å². The lowest BCUT2D eigenvalue weighted by atomic mass is 9.97. The molecule has 0 saturated heterocycles. The highest BCUT2D eigenvalue weighted by Crippen LogP contribution is 2.28. The molecule has 3 aromatic carbocycles. The van der Waals surface area contributed by atoms with Crippen molar-refractivity contribution in [1.29, 1.82) is 0 Å². The van der Waals surface area contributed by atoms with Crippen molar-refractivity contribution in [2.45, 2.75) is 12.5 Å². The second-order valence-corrected chi connectivity index (χ2v) is 8.00. The molecule has 0 bridgehead atoms. The Kier molecular flexibility index (Phi) is 6.63. The molecule has 0 fully saturated rings. The molecule has 1 aliphatic heterocycles. The fourth-order valence-electron chi connectivity index (χ4n) is 4.32. The van der Waals surface area contributed by atoms with Gasteiger partial charge in [0.25, 0.3) is 0 Å². The van der Waals surface area contributed by atoms with Crippen LogP contribution >= 0.6 is 0 Å². The molecule has 0 aromatic heterocycles. The number of nitrogens with one attached hydrogen (secondary N) is 1. The number of carbonyl (C=O) groups excluding carboxylic acids is 1. The molecule has 4 nitrogen and oxygen atoms in total. The van der Waals surface area contributed by atoms with E-state index in [1.807, 2.05) is 42.3 Å². The lowest BCUT2D eigenvalue weighted by Crippen LogP contribution is -2.40. The maximum Gasteiger partial charge on any atom is 0.234 e. The minimum atomic E-state index is -0.264. The van der Waals surface area contributed by atoms with Crippen LogP contribution in [0.5, 0.6) is 0 Å². The fraction of sp³-hybridized carbons (Fsp3) is 0.269. The third-order valence-corrected chi connectivity index (χ3v) is 5.82. The molecule has 31 heavy (non-hydrogen) atoms. The van der Waals surface area contributed by atoms with Crippen molar-refractivity contribution in [2.24, 2.45) is 0 Å². The van der Waals surface area contributed by atoms with Gasteiger partial charge in [0.15, 0.2) is 0 Å². The lowest BCUT2D eigenvalue weighted by molar-refractivity contribution is -0.122. The highest BCUT2D eigenvalue weighted by atomic mass is 19.1. The van der Waals surface area contributed by atoms with Gasteiger partial charge in [0.2, 0.25) is 5.91 Å². The molecule has 1 N–H and O–H groups in total. The number of hydrogen-bond donors (Lipinski definition) is 1. The van der Waals surface area contributed by atoms with Gasteiger partial charge in [-0.3, -0.25) is 9.69 Å². The number of carbonyl (C=O) groups is 1. The van der Waals surface area contributed by atoms with Crippen molar-refractivity contribution in [3.8, 4) is 0 Å². The summed E-state index contributed by atoms with van der Waals surface area (Å²) >= 11 is 0. The van der Waals surface area contributed by atoms with Crippen LogP contribution in [-0.2, 0) is 11.2 Å². The Morgan fingerprint density at radius 2 is 1.68 bits per heavy atom. The highest BCUT2D eigenvalue weighted by molar-refractivity contribution is 5.78. The molecule has 1 amide bonds. The van der Waals surface area contributed by atoms with Crippen LogP contribution in [0, 0.1) is 5.82 Å². The van der Waals surface area contributed by atoms with Crippen LogP contribution in [0.1, 0.15) is 22.7 Å². The van der Waals surface area contributed by atoms with Crippen molar-refractivity contribution in [3.63, 3.8) is 0 Å². The standard InChI is InChI=1S/C26H28FN3O/c1-29(26(21-8-3-2-4-9-21)22-11-13-23(27)14-12-22)19-25(31)28-16-18-30-17-15-20-7-5-6-10-24(20)30/h2-14,26H,15-19H2,1H3,(H,28,31). The summed E-state index contributed by atoms with van der Waals surface area (Å²) in [5, 5.41) is 3.06. The minimum absolute atomic E-state index is 0.0157. The number of anilines is 1. The molecule has 0 radical (unpaired) electrons. The van der Waals surface area contributed by atoms with Gasteiger partial charge in [-0.1, -0.05) is 60.7 Å². The Morgan fingerprint density at radius 1 is 1.00 bits per heavy atom. The number of benzene rings is 3. The number of likely N-dealkylation sites (N-methyl/N-ethyl adjacent to an activating group) is 1. The maximum absolute atomic E-state index is 13.4. The van der Waals surface area contributed by atoms with Crippen LogP contribution in [-0.4, -0.2) is 44.0 Å². The summed E-state index contributed by atoms with van der Waals surface area (Å²) in [4.78, 5) is 17.0. The summed E-state index contributed by atoms with van der Waals surface area (Å²) in [6.45, 7) is 2.66. The van der Waals surface area contributed by atoms with Crippen LogP contribution in [0.4, 0.5) is 10.1 Å². The van der Waals surface area contributed by atoms with Gasteiger partial charge in [0, 0.05) is 25.3 Å². The molecule has 0 spiro atoms. The van der Waals surface area contributed by atoms with E-state index in [1.165, 1.54) is 23.4 Å². The molecule has 160 valence electrons. The Balaban J connectivity index is 1.36. The Hall–Kier alpha value is -3.18. The zero-order valence-corrected chi connectivity index (χ0v) is 17.8. The van der Waals surface area contributed by atoms with E-state index in [-0.39, 0.29) is 24.3 Å². The predicted molar refractivity (Wildman–Crippen MR) is 123 cm³/mol. The summed E-state index contributed by atoms with van der Waals surface area (Å²) in [7, 11) is 1.93. The zero-order valence-electron chi connectivity index (χ0n) is 17.8. The van der Waals surface area contributed by atoms with E-state index in [0.29, 0.717) is 6.54 Å². The van der Waals surface area contributed by atoms with Gasteiger partial charge in [0.1, 0.15) is 5.82 Å². The van der Waals surface area contributed by atoms with Crippen LogP contribution < -0.4 is 10.2 Å². The Labute approximate surface area is 183 Å². The Bertz CT molecular complexity index is 1010. The largest absolute Gasteiger partial charge is 0.369 e. The molecule has 1 aliphatic rings. The average molecular weight is 418 g/mol. The molecular formula is C26H28FN3O. The first-order chi connectivity index (χ1) is 15.1. The van der Waals surface area contributed by atoms with Crippen molar-refractivity contribution in [2.75, 3.05) is 38.1 Å². The summed E-state index contributed by atoms with van der Waals surface area (Å²) in [6, 6.07) is 24.8. The number of halogens is 1. The van der Waals surface area contributed by atoms with Gasteiger partial charge < -0.3 is 10.2 Å². The third-order valence-electron chi connectivity index (χ3n) is 5.82. The third kappa shape index (κ3) is 5.12. The van der Waals surface area contributed by atoms with Gasteiger partial charge in [-0.15, -0.1) is 0 Å². The minimum Gasteiger partial charge on any atom is -0.369 e. The predicted octanol–water partition coefficient (Wildman–Crippen LogP) is 4.03. The van der Waals surface area contributed by atoms with Gasteiger partial charge in [-0.25, -0.2) is 4.39 Å². The second-order valence-electron chi connectivity index (χ2n) is 8.00. The molecule has 0 saturated carbocycles. The van der Waals surface area contributed by atoms with E-state index < -0.39 is 0 Å². The summed E-state index contributed by atoms with van der Waals surface area (Å²) in [6.07, 6.45) is 1.06. The first-order valence-electron chi connectivity index (χ1n) is 10.7. The van der Waals surface area contributed by atoms with Crippen LogP contribution in [0.25, 0.3) is 0 Å². The number of rotatable bonds is 8. The first kappa shape index (κ1) is 21.1. The van der Waals surface area contributed by atoms with Crippen LogP contribution in [0.3, 0.4) is 0 Å². The van der Waals surface area contributed by atoms with Crippen molar-refractivity contribution >= 4 is 11.6 Å². The monoisotopic (exact) mass is 417 g/mol. The van der Waals surface area contributed by atoms with E-state index in [0.717, 1.165) is 30.6 Å².